The van der Waals surface area contributed by atoms with E-state index in [0.717, 1.165) is 6.42 Å². The highest BCUT2D eigenvalue weighted by Gasteiger charge is 2.35. The topological polar surface area (TPSA) is 94.2 Å². The van der Waals surface area contributed by atoms with Crippen LogP contribution >= 0.6 is 0 Å². The van der Waals surface area contributed by atoms with Gasteiger partial charge in [-0.05, 0) is 37.6 Å². The smallest absolute Gasteiger partial charge is 0.308 e. The maximum Gasteiger partial charge on any atom is 0.308 e. The van der Waals surface area contributed by atoms with Crippen LogP contribution in [0.25, 0.3) is 0 Å². The Kier molecular flexibility index (Phi) is 8.25. The van der Waals surface area contributed by atoms with Crippen molar-refractivity contribution in [1.82, 2.24) is 10.2 Å². The molecule has 8 nitrogen and oxygen atoms in total. The van der Waals surface area contributed by atoms with E-state index in [9.17, 15) is 14.4 Å². The van der Waals surface area contributed by atoms with Gasteiger partial charge in [-0.15, -0.1) is 0 Å². The monoisotopic (exact) mass is 392 g/mol. The van der Waals surface area contributed by atoms with E-state index < -0.39 is 12.0 Å². The number of carbonyl (C=O) groups excluding carboxylic acids is 3. The van der Waals surface area contributed by atoms with Gasteiger partial charge in [0, 0.05) is 25.8 Å². The van der Waals surface area contributed by atoms with Crippen LogP contribution in [0.2, 0.25) is 0 Å². The van der Waals surface area contributed by atoms with Crippen LogP contribution in [0.4, 0.5) is 0 Å². The number of methoxy groups -OCH3 is 1. The lowest BCUT2D eigenvalue weighted by Crippen LogP contribution is -2.57. The van der Waals surface area contributed by atoms with Crippen molar-refractivity contribution in [3.63, 3.8) is 0 Å². The number of hydrogen-bond acceptors (Lipinski definition) is 6. The third kappa shape index (κ3) is 5.95. The van der Waals surface area contributed by atoms with Gasteiger partial charge in [-0.3, -0.25) is 14.4 Å². The third-order valence-electron chi connectivity index (χ3n) is 4.52. The van der Waals surface area contributed by atoms with Crippen LogP contribution in [0.15, 0.2) is 24.3 Å². The Bertz CT molecular complexity index is 676. The first kappa shape index (κ1) is 21.7. The molecule has 0 spiro atoms. The summed E-state index contributed by atoms with van der Waals surface area (Å²) in [6.45, 7) is 5.05. The summed E-state index contributed by atoms with van der Waals surface area (Å²) in [6, 6.07) is 5.91. The predicted molar refractivity (Wildman–Crippen MR) is 102 cm³/mol. The molecule has 2 rings (SSSR count). The van der Waals surface area contributed by atoms with Crippen LogP contribution in [-0.2, 0) is 19.1 Å². The number of nitrogens with zero attached hydrogens (tertiary/aromatic N) is 1. The maximum absolute atomic E-state index is 12.9. The fraction of sp³-hybridized carbons (Fsp3) is 0.550. The molecular formula is C20H28N2O6. The summed E-state index contributed by atoms with van der Waals surface area (Å²) in [6.07, 6.45) is 0.767. The lowest BCUT2D eigenvalue weighted by atomic mass is 10.1. The molecule has 2 atom stereocenters. The fourth-order valence-corrected chi connectivity index (χ4v) is 2.77. The number of esters is 1. The van der Waals surface area contributed by atoms with Crippen molar-refractivity contribution >= 4 is 17.8 Å². The minimum atomic E-state index is -0.896. The summed E-state index contributed by atoms with van der Waals surface area (Å²) in [5.74, 6) is -0.533. The second-order valence-corrected chi connectivity index (χ2v) is 6.58. The second-order valence-electron chi connectivity index (χ2n) is 6.58. The van der Waals surface area contributed by atoms with Gasteiger partial charge in [0.05, 0.1) is 19.1 Å². The number of nitrogens with one attached hydrogen (secondary N) is 1. The van der Waals surface area contributed by atoms with Gasteiger partial charge in [0.2, 0.25) is 5.91 Å². The Hall–Kier alpha value is -2.61. The van der Waals surface area contributed by atoms with Crippen molar-refractivity contribution < 1.29 is 28.6 Å². The quantitative estimate of drug-likeness (QED) is 0.504. The zero-order chi connectivity index (χ0) is 20.5. The Morgan fingerprint density at radius 2 is 1.96 bits per heavy atom. The second kappa shape index (κ2) is 10.7. The van der Waals surface area contributed by atoms with Gasteiger partial charge in [-0.2, -0.15) is 0 Å². The highest BCUT2D eigenvalue weighted by atomic mass is 16.6. The predicted octanol–water partition coefficient (Wildman–Crippen LogP) is 1.38. The molecule has 1 aliphatic rings. The van der Waals surface area contributed by atoms with Crippen molar-refractivity contribution in [2.75, 3.05) is 33.4 Å². The molecule has 8 heteroatoms. The first-order chi connectivity index (χ1) is 13.5. The number of ether oxygens (including phenoxy) is 3. The average Bonchev–Trinajstić information content (AvgIpc) is 2.69. The van der Waals surface area contributed by atoms with E-state index in [1.165, 1.54) is 12.0 Å². The Morgan fingerprint density at radius 1 is 1.25 bits per heavy atom. The van der Waals surface area contributed by atoms with E-state index in [1.54, 1.807) is 24.3 Å². The molecule has 0 radical (unpaired) electrons. The first-order valence-corrected chi connectivity index (χ1v) is 9.46. The first-order valence-electron chi connectivity index (χ1n) is 9.46. The van der Waals surface area contributed by atoms with Crippen LogP contribution in [0.5, 0.6) is 5.75 Å². The minimum absolute atomic E-state index is 0.0841. The molecule has 1 aromatic carbocycles. The van der Waals surface area contributed by atoms with E-state index in [0.29, 0.717) is 24.4 Å². The molecule has 1 fully saturated rings. The third-order valence-corrected chi connectivity index (χ3v) is 4.52. The van der Waals surface area contributed by atoms with Crippen LogP contribution in [0.3, 0.4) is 0 Å². The number of benzene rings is 1. The largest absolute Gasteiger partial charge is 0.491 e. The summed E-state index contributed by atoms with van der Waals surface area (Å²) in [7, 11) is 1.50. The molecule has 0 aromatic heterocycles. The van der Waals surface area contributed by atoms with Crippen molar-refractivity contribution in [3.05, 3.63) is 29.8 Å². The molecular weight excluding hydrogens is 364 g/mol. The lowest BCUT2D eigenvalue weighted by Gasteiger charge is -2.34. The molecule has 2 unspecified atom stereocenters. The molecule has 154 valence electrons. The summed E-state index contributed by atoms with van der Waals surface area (Å²) < 4.78 is 15.6. The Balaban J connectivity index is 2.06. The number of amides is 2. The summed E-state index contributed by atoms with van der Waals surface area (Å²) >= 11 is 0. The SMILES string of the molecule is CCC(C)Oc1ccc(C(=O)N2CCNC(=O)C2CC(=O)OCCOC)cc1. The summed E-state index contributed by atoms with van der Waals surface area (Å²) in [5, 5.41) is 2.69. The zero-order valence-electron chi connectivity index (χ0n) is 16.6. The van der Waals surface area contributed by atoms with Crippen LogP contribution in [-0.4, -0.2) is 68.2 Å². The maximum atomic E-state index is 12.9. The Morgan fingerprint density at radius 3 is 2.61 bits per heavy atom. The molecule has 1 saturated heterocycles. The fourth-order valence-electron chi connectivity index (χ4n) is 2.77. The van der Waals surface area contributed by atoms with Gasteiger partial charge < -0.3 is 24.4 Å². The Labute approximate surface area is 165 Å². The van der Waals surface area contributed by atoms with Crippen LogP contribution in [0, 0.1) is 0 Å². The van der Waals surface area contributed by atoms with Gasteiger partial charge in [0.15, 0.2) is 0 Å². The molecule has 2 amide bonds. The van der Waals surface area contributed by atoms with E-state index in [1.807, 2.05) is 13.8 Å². The molecule has 1 aliphatic heterocycles. The van der Waals surface area contributed by atoms with E-state index in [-0.39, 0.29) is 37.6 Å². The van der Waals surface area contributed by atoms with Gasteiger partial charge in [-0.25, -0.2) is 0 Å². The molecule has 0 bridgehead atoms. The number of carbonyl (C=O) groups is 3. The van der Waals surface area contributed by atoms with Gasteiger partial charge in [0.25, 0.3) is 5.91 Å². The highest BCUT2D eigenvalue weighted by molar-refractivity contribution is 5.99. The van der Waals surface area contributed by atoms with Crippen molar-refractivity contribution in [2.45, 2.75) is 38.8 Å². The summed E-state index contributed by atoms with van der Waals surface area (Å²) in [4.78, 5) is 38.6. The van der Waals surface area contributed by atoms with Crippen molar-refractivity contribution in [1.29, 1.82) is 0 Å². The zero-order valence-corrected chi connectivity index (χ0v) is 16.6. The standard InChI is InChI=1S/C20H28N2O6/c1-4-14(2)28-16-7-5-15(6-8-16)20(25)22-10-9-21-19(24)17(22)13-18(23)27-12-11-26-3/h5-8,14,17H,4,9-13H2,1-3H3,(H,21,24). The van der Waals surface area contributed by atoms with Crippen LogP contribution in [0.1, 0.15) is 37.0 Å². The molecule has 0 aliphatic carbocycles. The average molecular weight is 392 g/mol. The molecule has 0 saturated carbocycles. The van der Waals surface area contributed by atoms with Crippen molar-refractivity contribution in [3.8, 4) is 5.75 Å². The number of hydrogen-bond donors (Lipinski definition) is 1. The number of rotatable bonds is 9. The van der Waals surface area contributed by atoms with Crippen molar-refractivity contribution in [2.24, 2.45) is 0 Å². The summed E-state index contributed by atoms with van der Waals surface area (Å²) in [5.41, 5.74) is 0.434. The number of piperazine rings is 1. The molecule has 1 N–H and O–H groups in total. The van der Waals surface area contributed by atoms with E-state index >= 15 is 0 Å². The van der Waals surface area contributed by atoms with Gasteiger partial charge in [0.1, 0.15) is 18.4 Å². The molecule has 28 heavy (non-hydrogen) atoms. The molecule has 1 aromatic rings. The van der Waals surface area contributed by atoms with E-state index in [4.69, 9.17) is 14.2 Å². The van der Waals surface area contributed by atoms with Crippen LogP contribution < -0.4 is 10.1 Å². The van der Waals surface area contributed by atoms with Gasteiger partial charge >= 0.3 is 5.97 Å². The highest BCUT2D eigenvalue weighted by Crippen LogP contribution is 2.19. The van der Waals surface area contributed by atoms with Gasteiger partial charge in [-0.1, -0.05) is 6.92 Å². The molecule has 1 heterocycles. The minimum Gasteiger partial charge on any atom is -0.491 e. The van der Waals surface area contributed by atoms with E-state index in [2.05, 4.69) is 5.32 Å². The lowest BCUT2D eigenvalue weighted by molar-refractivity contribution is -0.148. The normalized spacial score (nSPS) is 17.6.